The Balaban J connectivity index is 1.84. The Morgan fingerprint density at radius 2 is 2.03 bits per heavy atom. The van der Waals surface area contributed by atoms with Crippen molar-refractivity contribution in [3.63, 3.8) is 0 Å². The van der Waals surface area contributed by atoms with Gasteiger partial charge in [0.2, 0.25) is 11.8 Å². The van der Waals surface area contributed by atoms with E-state index in [1.165, 1.54) is 18.3 Å². The van der Waals surface area contributed by atoms with Gasteiger partial charge in [0.1, 0.15) is 18.4 Å². The van der Waals surface area contributed by atoms with Gasteiger partial charge in [-0.2, -0.15) is 0 Å². The van der Waals surface area contributed by atoms with E-state index in [0.29, 0.717) is 10.6 Å². The Labute approximate surface area is 199 Å². The van der Waals surface area contributed by atoms with E-state index < -0.39 is 54.1 Å². The van der Waals surface area contributed by atoms with E-state index in [0.717, 1.165) is 10.0 Å². The van der Waals surface area contributed by atoms with Gasteiger partial charge in [-0.1, -0.05) is 23.7 Å². The molecule has 34 heavy (non-hydrogen) atoms. The summed E-state index contributed by atoms with van der Waals surface area (Å²) in [6.07, 6.45) is 2.50. The molecule has 12 heteroatoms. The Kier molecular flexibility index (Phi) is 7.67. The molecule has 4 amide bonds. The van der Waals surface area contributed by atoms with Crippen molar-refractivity contribution in [2.75, 3.05) is 0 Å². The third-order valence-corrected chi connectivity index (χ3v) is 5.73. The van der Waals surface area contributed by atoms with E-state index in [1.807, 2.05) is 0 Å². The zero-order chi connectivity index (χ0) is 25.0. The van der Waals surface area contributed by atoms with Crippen molar-refractivity contribution in [1.29, 1.82) is 0 Å². The predicted molar refractivity (Wildman–Crippen MR) is 118 cm³/mol. The molecule has 1 aromatic carbocycles. The minimum atomic E-state index is -1.30. The van der Waals surface area contributed by atoms with Crippen LogP contribution < -0.4 is 10.6 Å². The van der Waals surface area contributed by atoms with Crippen LogP contribution in [0, 0.1) is 6.92 Å². The topological polar surface area (TPSA) is 153 Å². The Bertz CT molecular complexity index is 1070. The van der Waals surface area contributed by atoms with E-state index in [-0.39, 0.29) is 31.1 Å². The normalized spacial score (nSPS) is 20.8. The molecular formula is C22H23ClN4O7. The molecule has 3 rings (SSSR count). The number of carbonyl (C=O) groups is 6. The van der Waals surface area contributed by atoms with Crippen molar-refractivity contribution in [2.45, 2.75) is 50.7 Å². The van der Waals surface area contributed by atoms with Crippen LogP contribution in [0.15, 0.2) is 30.5 Å². The van der Waals surface area contributed by atoms with Crippen molar-refractivity contribution in [3.8, 4) is 0 Å². The molecule has 11 nitrogen and oxygen atoms in total. The molecule has 2 heterocycles. The lowest BCUT2D eigenvalue weighted by atomic mass is 10.1. The predicted octanol–water partition coefficient (Wildman–Crippen LogP) is 0.557. The third kappa shape index (κ3) is 5.42. The molecule has 2 aliphatic heterocycles. The second kappa shape index (κ2) is 10.5. The SMILES string of the molecule is Cc1ccc(Cl)cc1C(=O)N[C@H]1CCC(=O)N2C=CC[C@@H](C(=O)N[C@H](C=O)CC(=O)O)N2C1=O. The molecule has 0 radical (unpaired) electrons. The van der Waals surface area contributed by atoms with Crippen molar-refractivity contribution in [2.24, 2.45) is 0 Å². The number of aryl methyl sites for hydroxylation is 1. The standard InChI is InChI=1S/C22H23ClN4O7/c1-12-4-5-13(23)9-15(12)20(32)25-16-6-7-18(29)26-8-2-3-17(27(26)22(16)34)21(33)24-14(11-28)10-19(30)31/h2,4-5,8-9,11,14,16-17H,3,6-7,10H2,1H3,(H,24,33)(H,25,32)(H,30,31)/t14-,16-,17-/m0/s1. The fraction of sp³-hybridized carbons (Fsp3) is 0.364. The summed E-state index contributed by atoms with van der Waals surface area (Å²) >= 11 is 5.99. The maximum atomic E-state index is 13.4. The number of nitrogens with zero attached hydrogens (tertiary/aromatic N) is 2. The molecule has 3 atom stereocenters. The van der Waals surface area contributed by atoms with Crippen LogP contribution in [0.3, 0.4) is 0 Å². The fourth-order valence-electron chi connectivity index (χ4n) is 3.77. The first kappa shape index (κ1) is 24.9. The third-order valence-electron chi connectivity index (χ3n) is 5.50. The first-order valence-electron chi connectivity index (χ1n) is 10.5. The Morgan fingerprint density at radius 3 is 2.71 bits per heavy atom. The smallest absolute Gasteiger partial charge is 0.305 e. The summed E-state index contributed by atoms with van der Waals surface area (Å²) < 4.78 is 0. The van der Waals surface area contributed by atoms with Crippen molar-refractivity contribution in [3.05, 3.63) is 46.6 Å². The average molecular weight is 491 g/mol. The Hall–Kier alpha value is -3.73. The number of amides is 4. The minimum Gasteiger partial charge on any atom is -0.481 e. The number of aliphatic carboxylic acids is 1. The van der Waals surface area contributed by atoms with E-state index in [1.54, 1.807) is 19.1 Å². The average Bonchev–Trinajstić information content (AvgIpc) is 2.91. The van der Waals surface area contributed by atoms with Crippen LogP contribution in [0.5, 0.6) is 0 Å². The highest BCUT2D eigenvalue weighted by Gasteiger charge is 2.43. The molecule has 1 fully saturated rings. The number of nitrogens with one attached hydrogen (secondary N) is 2. The monoisotopic (exact) mass is 490 g/mol. The van der Waals surface area contributed by atoms with Crippen LogP contribution in [0.1, 0.15) is 41.6 Å². The largest absolute Gasteiger partial charge is 0.481 e. The summed E-state index contributed by atoms with van der Waals surface area (Å²) in [5.74, 6) is -3.80. The summed E-state index contributed by atoms with van der Waals surface area (Å²) in [6, 6.07) is 1.12. The summed E-state index contributed by atoms with van der Waals surface area (Å²) in [6.45, 7) is 1.71. The summed E-state index contributed by atoms with van der Waals surface area (Å²) in [7, 11) is 0. The second-order valence-electron chi connectivity index (χ2n) is 7.93. The van der Waals surface area contributed by atoms with Gasteiger partial charge in [-0.15, -0.1) is 0 Å². The number of hydrogen-bond donors (Lipinski definition) is 3. The summed E-state index contributed by atoms with van der Waals surface area (Å²) in [4.78, 5) is 73.9. The number of carboxylic acid groups (broad SMARTS) is 1. The number of hydrazine groups is 1. The zero-order valence-electron chi connectivity index (χ0n) is 18.2. The fourth-order valence-corrected chi connectivity index (χ4v) is 3.94. The first-order valence-corrected chi connectivity index (χ1v) is 10.9. The lowest BCUT2D eigenvalue weighted by Crippen LogP contribution is -2.62. The number of rotatable bonds is 7. The van der Waals surface area contributed by atoms with Gasteiger partial charge in [-0.05, 0) is 37.5 Å². The van der Waals surface area contributed by atoms with Gasteiger partial charge in [0.05, 0.1) is 12.5 Å². The molecule has 2 aliphatic rings. The maximum absolute atomic E-state index is 13.4. The maximum Gasteiger partial charge on any atom is 0.305 e. The molecule has 1 saturated heterocycles. The molecule has 0 spiro atoms. The van der Waals surface area contributed by atoms with Crippen molar-refractivity contribution in [1.82, 2.24) is 20.7 Å². The quantitative estimate of drug-likeness (QED) is 0.472. The van der Waals surface area contributed by atoms with Gasteiger partial charge in [-0.3, -0.25) is 24.0 Å². The molecule has 180 valence electrons. The highest BCUT2D eigenvalue weighted by atomic mass is 35.5. The molecular weight excluding hydrogens is 468 g/mol. The molecule has 0 aliphatic carbocycles. The van der Waals surface area contributed by atoms with Crippen LogP contribution in [-0.2, 0) is 24.0 Å². The van der Waals surface area contributed by atoms with E-state index in [2.05, 4.69) is 10.6 Å². The molecule has 0 bridgehead atoms. The van der Waals surface area contributed by atoms with Gasteiger partial charge in [0.15, 0.2) is 0 Å². The van der Waals surface area contributed by atoms with Crippen LogP contribution in [0.4, 0.5) is 0 Å². The number of halogens is 1. The van der Waals surface area contributed by atoms with Gasteiger partial charge in [0.25, 0.3) is 11.8 Å². The Morgan fingerprint density at radius 1 is 1.29 bits per heavy atom. The second-order valence-corrected chi connectivity index (χ2v) is 8.37. The number of carboxylic acids is 1. The van der Waals surface area contributed by atoms with E-state index in [9.17, 15) is 28.8 Å². The molecule has 1 aromatic rings. The van der Waals surface area contributed by atoms with Gasteiger partial charge < -0.3 is 20.5 Å². The summed E-state index contributed by atoms with van der Waals surface area (Å²) in [5.41, 5.74) is 0.903. The number of aldehydes is 1. The number of benzene rings is 1. The first-order chi connectivity index (χ1) is 16.1. The van der Waals surface area contributed by atoms with Crippen molar-refractivity contribution >= 4 is 47.5 Å². The van der Waals surface area contributed by atoms with Gasteiger partial charge in [-0.25, -0.2) is 10.0 Å². The molecule has 0 saturated carbocycles. The highest BCUT2D eigenvalue weighted by Crippen LogP contribution is 2.24. The number of hydrogen-bond acceptors (Lipinski definition) is 6. The van der Waals surface area contributed by atoms with E-state index in [4.69, 9.17) is 16.7 Å². The molecule has 3 N–H and O–H groups in total. The number of carbonyl (C=O) groups excluding carboxylic acids is 5. The molecule has 0 aromatic heterocycles. The lowest BCUT2D eigenvalue weighted by Gasteiger charge is -2.39. The van der Waals surface area contributed by atoms with Crippen molar-refractivity contribution < 1.29 is 33.9 Å². The molecule has 0 unspecified atom stereocenters. The van der Waals surface area contributed by atoms with Crippen LogP contribution in [-0.4, -0.2) is 69.1 Å². The van der Waals surface area contributed by atoms with Crippen LogP contribution in [0.25, 0.3) is 0 Å². The number of fused-ring (bicyclic) bond motifs is 1. The van der Waals surface area contributed by atoms with Crippen LogP contribution in [0.2, 0.25) is 5.02 Å². The summed E-state index contributed by atoms with van der Waals surface area (Å²) in [5, 5.41) is 16.1. The van der Waals surface area contributed by atoms with Gasteiger partial charge >= 0.3 is 5.97 Å². The zero-order valence-corrected chi connectivity index (χ0v) is 18.9. The van der Waals surface area contributed by atoms with Gasteiger partial charge in [0, 0.05) is 23.2 Å². The minimum absolute atomic E-state index is 0.00811. The van der Waals surface area contributed by atoms with E-state index >= 15 is 0 Å². The van der Waals surface area contributed by atoms with Crippen LogP contribution >= 0.6 is 11.6 Å². The lowest BCUT2D eigenvalue weighted by molar-refractivity contribution is -0.166. The highest BCUT2D eigenvalue weighted by molar-refractivity contribution is 6.31.